The number of hydrogen-bond donors (Lipinski definition) is 2. The van der Waals surface area contributed by atoms with Gasteiger partial charge in [-0.05, 0) is 12.5 Å². The van der Waals surface area contributed by atoms with Crippen molar-refractivity contribution in [3.8, 4) is 11.3 Å². The van der Waals surface area contributed by atoms with Gasteiger partial charge >= 0.3 is 0 Å². The molecule has 1 heterocycles. The van der Waals surface area contributed by atoms with Crippen molar-refractivity contribution in [3.05, 3.63) is 40.8 Å². The molecule has 1 atom stereocenters. The lowest BCUT2D eigenvalue weighted by Gasteiger charge is -2.07. The van der Waals surface area contributed by atoms with Crippen LogP contribution in [-0.4, -0.2) is 9.97 Å². The molecule has 18 heavy (non-hydrogen) atoms. The Hall–Kier alpha value is -1.13. The number of hydrogen-bond acceptors (Lipinski definition) is 2. The van der Waals surface area contributed by atoms with E-state index in [1.54, 1.807) is 0 Å². The zero-order valence-corrected chi connectivity index (χ0v) is 12.1. The first-order valence-electron chi connectivity index (χ1n) is 6.27. The third-order valence-corrected chi connectivity index (χ3v) is 3.67. The van der Waals surface area contributed by atoms with Gasteiger partial charge < -0.3 is 10.7 Å². The summed E-state index contributed by atoms with van der Waals surface area (Å²) < 4.78 is 1.06. The monoisotopic (exact) mass is 307 g/mol. The van der Waals surface area contributed by atoms with Gasteiger partial charge in [0.1, 0.15) is 5.82 Å². The van der Waals surface area contributed by atoms with Crippen LogP contribution in [0.25, 0.3) is 11.3 Å². The second-order valence-corrected chi connectivity index (χ2v) is 5.27. The minimum atomic E-state index is 0.00110. The molecule has 2 aromatic rings. The zero-order valence-electron chi connectivity index (χ0n) is 10.5. The highest BCUT2D eigenvalue weighted by Crippen LogP contribution is 2.27. The van der Waals surface area contributed by atoms with Crippen molar-refractivity contribution >= 4 is 15.9 Å². The van der Waals surface area contributed by atoms with Crippen molar-refractivity contribution in [2.75, 3.05) is 0 Å². The van der Waals surface area contributed by atoms with E-state index in [0.29, 0.717) is 0 Å². The molecular formula is C14H18BrN3. The molecule has 3 nitrogen and oxygen atoms in total. The van der Waals surface area contributed by atoms with Crippen LogP contribution in [0.3, 0.4) is 0 Å². The number of nitrogens with two attached hydrogens (primary N) is 1. The average Bonchev–Trinajstić information content (AvgIpc) is 2.86. The number of nitrogens with zero attached hydrogens (tertiary/aromatic N) is 1. The molecule has 2 rings (SSSR count). The first-order valence-corrected chi connectivity index (χ1v) is 7.07. The molecule has 0 bridgehead atoms. The van der Waals surface area contributed by atoms with E-state index in [0.717, 1.165) is 40.8 Å². The number of benzene rings is 1. The topological polar surface area (TPSA) is 54.7 Å². The van der Waals surface area contributed by atoms with Gasteiger partial charge in [0, 0.05) is 10.0 Å². The van der Waals surface area contributed by atoms with Gasteiger partial charge in [-0.2, -0.15) is 0 Å². The van der Waals surface area contributed by atoms with Crippen molar-refractivity contribution in [1.29, 1.82) is 0 Å². The Bertz CT molecular complexity index is 507. The van der Waals surface area contributed by atoms with Crippen LogP contribution in [0.5, 0.6) is 0 Å². The highest BCUT2D eigenvalue weighted by molar-refractivity contribution is 9.10. The molecule has 0 spiro atoms. The summed E-state index contributed by atoms with van der Waals surface area (Å²) in [5.74, 6) is 0.870. The Labute approximate surface area is 116 Å². The van der Waals surface area contributed by atoms with Crippen LogP contribution in [0.15, 0.2) is 34.9 Å². The predicted molar refractivity (Wildman–Crippen MR) is 78.2 cm³/mol. The fourth-order valence-electron chi connectivity index (χ4n) is 1.90. The number of imidazole rings is 1. The van der Waals surface area contributed by atoms with E-state index in [-0.39, 0.29) is 6.04 Å². The first kappa shape index (κ1) is 13.3. The van der Waals surface area contributed by atoms with Gasteiger partial charge in [-0.3, -0.25) is 0 Å². The van der Waals surface area contributed by atoms with Crippen LogP contribution in [-0.2, 0) is 0 Å². The SMILES string of the molecule is CCCCC(N)c1ncc(-c2ccccc2Br)[nH]1. The number of nitrogens with one attached hydrogen (secondary N) is 1. The molecule has 0 saturated carbocycles. The van der Waals surface area contributed by atoms with Gasteiger partial charge in [-0.15, -0.1) is 0 Å². The lowest BCUT2D eigenvalue weighted by atomic mass is 10.1. The smallest absolute Gasteiger partial charge is 0.123 e. The van der Waals surface area contributed by atoms with Crippen LogP contribution in [0.4, 0.5) is 0 Å². The van der Waals surface area contributed by atoms with Gasteiger partial charge in [-0.25, -0.2) is 4.98 Å². The van der Waals surface area contributed by atoms with E-state index in [4.69, 9.17) is 5.73 Å². The van der Waals surface area contributed by atoms with E-state index in [1.807, 2.05) is 24.4 Å². The largest absolute Gasteiger partial charge is 0.341 e. The summed E-state index contributed by atoms with van der Waals surface area (Å²) in [5.41, 5.74) is 8.22. The highest BCUT2D eigenvalue weighted by Gasteiger charge is 2.11. The van der Waals surface area contributed by atoms with Crippen molar-refractivity contribution < 1.29 is 0 Å². The molecule has 96 valence electrons. The van der Waals surface area contributed by atoms with Gasteiger partial charge in [-0.1, -0.05) is 53.9 Å². The molecule has 0 saturated heterocycles. The summed E-state index contributed by atoms with van der Waals surface area (Å²) in [5, 5.41) is 0. The van der Waals surface area contributed by atoms with Crippen molar-refractivity contribution in [2.24, 2.45) is 5.73 Å². The van der Waals surface area contributed by atoms with Crippen molar-refractivity contribution in [3.63, 3.8) is 0 Å². The summed E-state index contributed by atoms with van der Waals surface area (Å²) in [7, 11) is 0. The molecule has 0 aliphatic heterocycles. The van der Waals surface area contributed by atoms with Crippen molar-refractivity contribution in [2.45, 2.75) is 32.2 Å². The Morgan fingerprint density at radius 3 is 2.89 bits per heavy atom. The fourth-order valence-corrected chi connectivity index (χ4v) is 2.40. The van der Waals surface area contributed by atoms with Crippen LogP contribution in [0.2, 0.25) is 0 Å². The minimum absolute atomic E-state index is 0.00110. The molecule has 0 fully saturated rings. The summed E-state index contributed by atoms with van der Waals surface area (Å²) in [6, 6.07) is 8.09. The summed E-state index contributed by atoms with van der Waals surface area (Å²) >= 11 is 3.54. The highest BCUT2D eigenvalue weighted by atomic mass is 79.9. The van der Waals surface area contributed by atoms with Gasteiger partial charge in [0.15, 0.2) is 0 Å². The predicted octanol–water partition coefficient (Wildman–Crippen LogP) is 4.03. The molecule has 1 aromatic heterocycles. The van der Waals surface area contributed by atoms with Crippen molar-refractivity contribution in [1.82, 2.24) is 9.97 Å². The maximum absolute atomic E-state index is 6.11. The third-order valence-electron chi connectivity index (χ3n) is 2.98. The van der Waals surface area contributed by atoms with E-state index < -0.39 is 0 Å². The normalized spacial score (nSPS) is 12.6. The first-order chi connectivity index (χ1) is 8.72. The second kappa shape index (κ2) is 6.16. The Kier molecular flexibility index (Phi) is 4.55. The van der Waals surface area contributed by atoms with E-state index in [1.165, 1.54) is 0 Å². The molecule has 0 aliphatic carbocycles. The summed E-state index contributed by atoms with van der Waals surface area (Å²) in [6.45, 7) is 2.17. The van der Waals surface area contributed by atoms with Gasteiger partial charge in [0.05, 0.1) is 17.9 Å². The lowest BCUT2D eigenvalue weighted by Crippen LogP contribution is -2.11. The number of unbranched alkanes of at least 4 members (excludes halogenated alkanes) is 1. The maximum Gasteiger partial charge on any atom is 0.123 e. The summed E-state index contributed by atoms with van der Waals surface area (Å²) in [6.07, 6.45) is 5.11. The second-order valence-electron chi connectivity index (χ2n) is 4.41. The minimum Gasteiger partial charge on any atom is -0.341 e. The average molecular weight is 308 g/mol. The zero-order chi connectivity index (χ0) is 13.0. The van der Waals surface area contributed by atoms with Crippen LogP contribution < -0.4 is 5.73 Å². The molecule has 4 heteroatoms. The lowest BCUT2D eigenvalue weighted by molar-refractivity contribution is 0.580. The van der Waals surface area contributed by atoms with Crippen LogP contribution in [0.1, 0.15) is 38.1 Å². The van der Waals surface area contributed by atoms with Gasteiger partial charge in [0.2, 0.25) is 0 Å². The number of rotatable bonds is 5. The standard InChI is InChI=1S/C14H18BrN3/c1-2-3-8-12(16)14-17-9-13(18-14)10-6-4-5-7-11(10)15/h4-7,9,12H,2-3,8,16H2,1H3,(H,17,18). The van der Waals surface area contributed by atoms with E-state index in [2.05, 4.69) is 38.9 Å². The maximum atomic E-state index is 6.11. The number of halogens is 1. The molecule has 1 aromatic carbocycles. The van der Waals surface area contributed by atoms with Crippen LogP contribution >= 0.6 is 15.9 Å². The quantitative estimate of drug-likeness (QED) is 0.876. The number of H-pyrrole nitrogens is 1. The number of aromatic amines is 1. The Balaban J connectivity index is 2.18. The van der Waals surface area contributed by atoms with Gasteiger partial charge in [0.25, 0.3) is 0 Å². The Morgan fingerprint density at radius 2 is 2.17 bits per heavy atom. The molecule has 1 unspecified atom stereocenters. The molecule has 0 radical (unpaired) electrons. The van der Waals surface area contributed by atoms with Crippen LogP contribution in [0, 0.1) is 0 Å². The molecular weight excluding hydrogens is 290 g/mol. The molecule has 0 aliphatic rings. The van der Waals surface area contributed by atoms with E-state index in [9.17, 15) is 0 Å². The molecule has 0 amide bonds. The fraction of sp³-hybridized carbons (Fsp3) is 0.357. The molecule has 3 N–H and O–H groups in total. The summed E-state index contributed by atoms with van der Waals surface area (Å²) in [4.78, 5) is 7.70. The Morgan fingerprint density at radius 1 is 1.39 bits per heavy atom. The number of aromatic nitrogens is 2. The third kappa shape index (κ3) is 3.00. The van der Waals surface area contributed by atoms with E-state index >= 15 is 0 Å².